The van der Waals surface area contributed by atoms with E-state index in [0.717, 1.165) is 37.4 Å². The van der Waals surface area contributed by atoms with Crippen molar-refractivity contribution in [3.63, 3.8) is 0 Å². The second kappa shape index (κ2) is 5.73. The van der Waals surface area contributed by atoms with Crippen molar-refractivity contribution in [3.05, 3.63) is 23.9 Å². The predicted octanol–water partition coefficient (Wildman–Crippen LogP) is 1.44. The van der Waals surface area contributed by atoms with Crippen molar-refractivity contribution in [2.45, 2.75) is 24.9 Å². The summed E-state index contributed by atoms with van der Waals surface area (Å²) in [5.74, 6) is 1.21. The molecule has 2 unspecified atom stereocenters. The molecule has 0 saturated carbocycles. The number of anilines is 1. The zero-order valence-corrected chi connectivity index (χ0v) is 13.0. The molecule has 5 nitrogen and oxygen atoms in total. The highest BCUT2D eigenvalue weighted by Gasteiger charge is 2.39. The quantitative estimate of drug-likeness (QED) is 0.788. The average molecular weight is 289 g/mol. The third kappa shape index (κ3) is 2.80. The predicted molar refractivity (Wildman–Crippen MR) is 81.8 cm³/mol. The second-order valence-electron chi connectivity index (χ2n) is 6.34. The van der Waals surface area contributed by atoms with E-state index in [9.17, 15) is 4.79 Å². The van der Waals surface area contributed by atoms with Crippen LogP contribution in [0.25, 0.3) is 0 Å². The van der Waals surface area contributed by atoms with Crippen molar-refractivity contribution in [2.24, 2.45) is 5.92 Å². The first-order valence-electron chi connectivity index (χ1n) is 7.53. The van der Waals surface area contributed by atoms with Gasteiger partial charge in [-0.25, -0.2) is 4.98 Å². The number of fused-ring (bicyclic) bond motifs is 2. The number of Topliss-reactive ketones (excluding diaryl/α,β-unsaturated/α-hetero) is 1. The summed E-state index contributed by atoms with van der Waals surface area (Å²) in [6.07, 6.45) is 3.49. The first kappa shape index (κ1) is 14.5. The summed E-state index contributed by atoms with van der Waals surface area (Å²) in [6.45, 7) is 1.49. The minimum absolute atomic E-state index is 0.104. The molecule has 114 valence electrons. The van der Waals surface area contributed by atoms with Crippen molar-refractivity contribution in [1.82, 2.24) is 9.88 Å². The molecule has 1 aromatic rings. The van der Waals surface area contributed by atoms with E-state index in [2.05, 4.69) is 16.9 Å². The lowest BCUT2D eigenvalue weighted by molar-refractivity contribution is -0.0702. The highest BCUT2D eigenvalue weighted by molar-refractivity contribution is 5.97. The third-order valence-electron chi connectivity index (χ3n) is 4.75. The van der Waals surface area contributed by atoms with Crippen LogP contribution >= 0.6 is 0 Å². The highest BCUT2D eigenvalue weighted by Crippen LogP contribution is 2.32. The summed E-state index contributed by atoms with van der Waals surface area (Å²) < 4.78 is 5.61. The number of piperidine rings is 1. The molecule has 2 aliphatic rings. The van der Waals surface area contributed by atoms with Gasteiger partial charge >= 0.3 is 0 Å². The van der Waals surface area contributed by atoms with E-state index in [1.165, 1.54) is 0 Å². The van der Waals surface area contributed by atoms with Crippen LogP contribution in [-0.4, -0.2) is 62.1 Å². The first-order valence-corrected chi connectivity index (χ1v) is 7.53. The van der Waals surface area contributed by atoms with Crippen LogP contribution in [0.2, 0.25) is 0 Å². The number of likely N-dealkylation sites (N-methyl/N-ethyl adjacent to an activating group) is 1. The first-order chi connectivity index (χ1) is 10.1. The molecule has 0 aromatic carbocycles. The van der Waals surface area contributed by atoms with Gasteiger partial charge in [0.25, 0.3) is 0 Å². The molecule has 2 bridgehead atoms. The summed E-state index contributed by atoms with van der Waals surface area (Å²) in [5.41, 5.74) is 0.731. The summed E-state index contributed by atoms with van der Waals surface area (Å²) in [7, 11) is 6.04. The molecule has 0 radical (unpaired) electrons. The highest BCUT2D eigenvalue weighted by atomic mass is 16.5. The SMILES string of the molecule is CN(C)c1ccc(C(=O)C2CC3COCC(C2)N3C)cn1. The van der Waals surface area contributed by atoms with Gasteiger partial charge < -0.3 is 9.64 Å². The number of rotatable bonds is 3. The maximum Gasteiger partial charge on any atom is 0.167 e. The Balaban J connectivity index is 1.73. The van der Waals surface area contributed by atoms with Gasteiger partial charge in [0.2, 0.25) is 0 Å². The van der Waals surface area contributed by atoms with Crippen LogP contribution in [0.15, 0.2) is 18.3 Å². The standard InChI is InChI=1S/C16H23N3O2/c1-18(2)15-5-4-11(8-17-15)16(20)12-6-13-9-21-10-14(7-12)19(13)3/h4-5,8,12-14H,6-7,9-10H2,1-3H3. The van der Waals surface area contributed by atoms with Gasteiger partial charge in [-0.3, -0.25) is 9.69 Å². The molecular formula is C16H23N3O2. The maximum absolute atomic E-state index is 12.7. The van der Waals surface area contributed by atoms with Gasteiger partial charge in [-0.15, -0.1) is 0 Å². The Morgan fingerprint density at radius 2 is 1.95 bits per heavy atom. The molecule has 0 N–H and O–H groups in total. The zero-order valence-electron chi connectivity index (χ0n) is 13.0. The number of pyridine rings is 1. The van der Waals surface area contributed by atoms with E-state index < -0.39 is 0 Å². The minimum atomic E-state index is 0.104. The van der Waals surface area contributed by atoms with Crippen LogP contribution in [0.5, 0.6) is 0 Å². The smallest absolute Gasteiger partial charge is 0.167 e. The van der Waals surface area contributed by atoms with E-state index in [4.69, 9.17) is 4.74 Å². The molecule has 0 aliphatic carbocycles. The van der Waals surface area contributed by atoms with Crippen molar-refractivity contribution in [1.29, 1.82) is 0 Å². The fraction of sp³-hybridized carbons (Fsp3) is 0.625. The number of nitrogens with zero attached hydrogens (tertiary/aromatic N) is 3. The summed E-state index contributed by atoms with van der Waals surface area (Å²) in [5, 5.41) is 0. The molecule has 0 amide bonds. The lowest BCUT2D eigenvalue weighted by Crippen LogP contribution is -2.55. The largest absolute Gasteiger partial charge is 0.378 e. The fourth-order valence-electron chi connectivity index (χ4n) is 3.34. The topological polar surface area (TPSA) is 45.7 Å². The third-order valence-corrected chi connectivity index (χ3v) is 4.75. The molecule has 3 heterocycles. The van der Waals surface area contributed by atoms with Crippen molar-refractivity contribution >= 4 is 11.6 Å². The van der Waals surface area contributed by atoms with Gasteiger partial charge in [-0.1, -0.05) is 0 Å². The van der Waals surface area contributed by atoms with E-state index in [1.807, 2.05) is 31.1 Å². The number of hydrogen-bond donors (Lipinski definition) is 0. The number of ketones is 1. The molecule has 2 fully saturated rings. The second-order valence-corrected chi connectivity index (χ2v) is 6.34. The molecule has 3 rings (SSSR count). The summed E-state index contributed by atoms with van der Waals surface area (Å²) in [6, 6.07) is 4.56. The van der Waals surface area contributed by atoms with Crippen LogP contribution < -0.4 is 4.90 Å². The lowest BCUT2D eigenvalue weighted by atomic mass is 9.81. The average Bonchev–Trinajstić information content (AvgIpc) is 2.46. The lowest BCUT2D eigenvalue weighted by Gasteiger charge is -2.46. The van der Waals surface area contributed by atoms with Crippen LogP contribution in [0.4, 0.5) is 5.82 Å². The number of ether oxygens (including phenoxy) is 1. The van der Waals surface area contributed by atoms with Crippen molar-refractivity contribution in [3.8, 4) is 0 Å². The van der Waals surface area contributed by atoms with Crippen molar-refractivity contribution < 1.29 is 9.53 Å². The zero-order chi connectivity index (χ0) is 15.0. The molecule has 2 atom stereocenters. The minimum Gasteiger partial charge on any atom is -0.378 e. The van der Waals surface area contributed by atoms with Crippen LogP contribution in [0, 0.1) is 5.92 Å². The van der Waals surface area contributed by atoms with Gasteiger partial charge in [0.15, 0.2) is 5.78 Å². The Morgan fingerprint density at radius 1 is 1.29 bits per heavy atom. The summed E-state index contributed by atoms with van der Waals surface area (Å²) >= 11 is 0. The van der Waals surface area contributed by atoms with Crippen LogP contribution in [0.3, 0.4) is 0 Å². The van der Waals surface area contributed by atoms with Gasteiger partial charge in [-0.05, 0) is 32.0 Å². The van der Waals surface area contributed by atoms with Gasteiger partial charge in [0.1, 0.15) is 5.82 Å². The monoisotopic (exact) mass is 289 g/mol. The van der Waals surface area contributed by atoms with E-state index in [0.29, 0.717) is 12.1 Å². The van der Waals surface area contributed by atoms with E-state index in [-0.39, 0.29) is 11.7 Å². The Labute approximate surface area is 125 Å². The molecule has 0 spiro atoms. The number of carbonyl (C=O) groups excluding carboxylic acids is 1. The molecule has 2 saturated heterocycles. The molecular weight excluding hydrogens is 266 g/mol. The Morgan fingerprint density at radius 3 is 2.48 bits per heavy atom. The van der Waals surface area contributed by atoms with Gasteiger partial charge in [-0.2, -0.15) is 0 Å². The number of aromatic nitrogens is 1. The fourth-order valence-corrected chi connectivity index (χ4v) is 3.34. The number of morpholine rings is 1. The van der Waals surface area contributed by atoms with E-state index in [1.54, 1.807) is 6.20 Å². The Kier molecular flexibility index (Phi) is 3.95. The van der Waals surface area contributed by atoms with E-state index >= 15 is 0 Å². The molecule has 21 heavy (non-hydrogen) atoms. The van der Waals surface area contributed by atoms with Crippen LogP contribution in [0.1, 0.15) is 23.2 Å². The maximum atomic E-state index is 12.7. The van der Waals surface area contributed by atoms with Gasteiger partial charge in [0, 0.05) is 43.9 Å². The number of carbonyl (C=O) groups is 1. The molecule has 1 aromatic heterocycles. The molecule has 2 aliphatic heterocycles. The normalized spacial score (nSPS) is 29.2. The Bertz CT molecular complexity index is 501. The van der Waals surface area contributed by atoms with Crippen molar-refractivity contribution in [2.75, 3.05) is 39.3 Å². The van der Waals surface area contributed by atoms with Crippen LogP contribution in [-0.2, 0) is 4.74 Å². The number of hydrogen-bond acceptors (Lipinski definition) is 5. The molecule has 5 heteroatoms. The Hall–Kier alpha value is -1.46. The van der Waals surface area contributed by atoms with Gasteiger partial charge in [0.05, 0.1) is 13.2 Å². The summed E-state index contributed by atoms with van der Waals surface area (Å²) in [4.78, 5) is 21.4.